The van der Waals surface area contributed by atoms with Crippen LogP contribution in [-0.2, 0) is 4.79 Å². The number of nitro benzene ring substituents is 1. The van der Waals surface area contributed by atoms with E-state index in [1.807, 2.05) is 0 Å². The van der Waals surface area contributed by atoms with Crippen molar-refractivity contribution in [2.24, 2.45) is 5.92 Å². The molecule has 0 aliphatic heterocycles. The number of nitrogens with one attached hydrogen (secondary N) is 1. The summed E-state index contributed by atoms with van der Waals surface area (Å²) in [5.74, 6) is -1.07. The first-order chi connectivity index (χ1) is 8.97. The minimum atomic E-state index is -0.765. The Balaban J connectivity index is 2.06. The van der Waals surface area contributed by atoms with E-state index >= 15 is 0 Å². The van der Waals surface area contributed by atoms with Gasteiger partial charge in [0.1, 0.15) is 0 Å². The normalized spacial score (nSPS) is 22.2. The Bertz CT molecular complexity index is 515. The fraction of sp³-hybridized carbons (Fsp3) is 0.462. The minimum Gasteiger partial charge on any atom is -0.481 e. The molecular weight excluding hydrogens is 248 g/mol. The van der Waals surface area contributed by atoms with Gasteiger partial charge >= 0.3 is 5.97 Å². The molecule has 0 heterocycles. The van der Waals surface area contributed by atoms with Crippen LogP contribution >= 0.6 is 0 Å². The number of nitro groups is 1. The van der Waals surface area contributed by atoms with E-state index in [1.54, 1.807) is 19.1 Å². The molecule has 1 fully saturated rings. The van der Waals surface area contributed by atoms with Crippen LogP contribution in [0, 0.1) is 23.0 Å². The lowest BCUT2D eigenvalue weighted by atomic mass is 10.1. The highest BCUT2D eigenvalue weighted by Gasteiger charge is 2.29. The zero-order valence-electron chi connectivity index (χ0n) is 10.6. The van der Waals surface area contributed by atoms with Crippen molar-refractivity contribution in [1.82, 2.24) is 0 Å². The van der Waals surface area contributed by atoms with Gasteiger partial charge in [0, 0.05) is 23.4 Å². The van der Waals surface area contributed by atoms with Crippen LogP contribution in [0.1, 0.15) is 24.8 Å². The third-order valence-electron chi connectivity index (χ3n) is 3.56. The summed E-state index contributed by atoms with van der Waals surface area (Å²) < 4.78 is 0. The second-order valence-electron chi connectivity index (χ2n) is 4.95. The summed E-state index contributed by atoms with van der Waals surface area (Å²) in [5, 5.41) is 23.0. The van der Waals surface area contributed by atoms with Crippen LogP contribution in [0.5, 0.6) is 0 Å². The monoisotopic (exact) mass is 264 g/mol. The zero-order valence-corrected chi connectivity index (χ0v) is 10.6. The number of aliphatic carboxylic acids is 1. The van der Waals surface area contributed by atoms with E-state index in [-0.39, 0.29) is 17.6 Å². The van der Waals surface area contributed by atoms with Crippen LogP contribution < -0.4 is 5.32 Å². The number of aryl methyl sites for hydroxylation is 1. The van der Waals surface area contributed by atoms with E-state index in [1.165, 1.54) is 6.07 Å². The van der Waals surface area contributed by atoms with Gasteiger partial charge in [-0.2, -0.15) is 0 Å². The average Bonchev–Trinajstić information content (AvgIpc) is 2.80. The molecule has 0 amide bonds. The van der Waals surface area contributed by atoms with E-state index in [2.05, 4.69) is 5.32 Å². The van der Waals surface area contributed by atoms with Crippen molar-refractivity contribution in [2.75, 3.05) is 5.32 Å². The molecule has 2 N–H and O–H groups in total. The van der Waals surface area contributed by atoms with Crippen molar-refractivity contribution in [3.63, 3.8) is 0 Å². The van der Waals surface area contributed by atoms with Gasteiger partial charge in [0.15, 0.2) is 0 Å². The van der Waals surface area contributed by atoms with Gasteiger partial charge in [0.2, 0.25) is 0 Å². The van der Waals surface area contributed by atoms with Crippen molar-refractivity contribution in [3.8, 4) is 0 Å². The van der Waals surface area contributed by atoms with Gasteiger partial charge in [-0.05, 0) is 32.3 Å². The Morgan fingerprint density at radius 1 is 1.47 bits per heavy atom. The number of hydrogen-bond acceptors (Lipinski definition) is 4. The molecule has 1 aromatic rings. The summed E-state index contributed by atoms with van der Waals surface area (Å²) >= 11 is 0. The molecule has 6 heteroatoms. The number of carboxylic acid groups (broad SMARTS) is 1. The molecule has 0 bridgehead atoms. The highest BCUT2D eigenvalue weighted by atomic mass is 16.6. The fourth-order valence-corrected chi connectivity index (χ4v) is 2.47. The van der Waals surface area contributed by atoms with Gasteiger partial charge in [0.25, 0.3) is 5.69 Å². The quantitative estimate of drug-likeness (QED) is 0.644. The molecule has 102 valence electrons. The third kappa shape index (κ3) is 3.01. The smallest absolute Gasteiger partial charge is 0.306 e. The summed E-state index contributed by atoms with van der Waals surface area (Å²) in [6.45, 7) is 1.69. The number of carbonyl (C=O) groups is 1. The maximum absolute atomic E-state index is 10.9. The lowest BCUT2D eigenvalue weighted by Crippen LogP contribution is -2.17. The molecule has 2 rings (SSSR count). The number of anilines is 1. The predicted octanol–water partition coefficient (Wildman–Crippen LogP) is 2.57. The molecule has 0 saturated heterocycles. The van der Waals surface area contributed by atoms with Gasteiger partial charge in [0.05, 0.1) is 10.8 Å². The number of carboxylic acids is 1. The molecule has 2 unspecified atom stereocenters. The van der Waals surface area contributed by atoms with Crippen molar-refractivity contribution < 1.29 is 14.8 Å². The first kappa shape index (κ1) is 13.3. The standard InChI is InChI=1S/C13H16N2O4/c1-8-2-4-11(7-12(8)15(18)19)14-10-5-3-9(6-10)13(16)17/h2,4,7,9-10,14H,3,5-6H2,1H3,(H,16,17). The van der Waals surface area contributed by atoms with Crippen LogP contribution in [0.4, 0.5) is 11.4 Å². The topological polar surface area (TPSA) is 92.5 Å². The van der Waals surface area contributed by atoms with E-state index in [0.29, 0.717) is 24.1 Å². The number of nitrogens with zero attached hydrogens (tertiary/aromatic N) is 1. The molecular formula is C13H16N2O4. The van der Waals surface area contributed by atoms with Gasteiger partial charge in [-0.3, -0.25) is 14.9 Å². The number of rotatable bonds is 4. The first-order valence-corrected chi connectivity index (χ1v) is 6.21. The van der Waals surface area contributed by atoms with Crippen LogP contribution in [-0.4, -0.2) is 22.0 Å². The third-order valence-corrected chi connectivity index (χ3v) is 3.56. The summed E-state index contributed by atoms with van der Waals surface area (Å²) in [5.41, 5.74) is 1.37. The molecule has 2 atom stereocenters. The minimum absolute atomic E-state index is 0.0726. The summed E-state index contributed by atoms with van der Waals surface area (Å²) in [4.78, 5) is 21.3. The van der Waals surface area contributed by atoms with Crippen molar-refractivity contribution in [2.45, 2.75) is 32.2 Å². The second kappa shape index (κ2) is 5.26. The largest absolute Gasteiger partial charge is 0.481 e. The van der Waals surface area contributed by atoms with Crippen molar-refractivity contribution in [3.05, 3.63) is 33.9 Å². The Kier molecular flexibility index (Phi) is 3.69. The van der Waals surface area contributed by atoms with Crippen molar-refractivity contribution in [1.29, 1.82) is 0 Å². The van der Waals surface area contributed by atoms with Crippen molar-refractivity contribution >= 4 is 17.3 Å². The molecule has 0 radical (unpaired) electrons. The Morgan fingerprint density at radius 2 is 2.21 bits per heavy atom. The SMILES string of the molecule is Cc1ccc(NC2CCC(C(=O)O)C2)cc1[N+](=O)[O-]. The van der Waals surface area contributed by atoms with Gasteiger partial charge in [-0.15, -0.1) is 0 Å². The van der Waals surface area contributed by atoms with E-state index in [4.69, 9.17) is 5.11 Å². The number of hydrogen-bond donors (Lipinski definition) is 2. The average molecular weight is 264 g/mol. The molecule has 1 aliphatic carbocycles. The molecule has 6 nitrogen and oxygen atoms in total. The second-order valence-corrected chi connectivity index (χ2v) is 4.95. The lowest BCUT2D eigenvalue weighted by molar-refractivity contribution is -0.385. The Morgan fingerprint density at radius 3 is 2.79 bits per heavy atom. The van der Waals surface area contributed by atoms with Crippen LogP contribution in [0.25, 0.3) is 0 Å². The molecule has 0 aromatic heterocycles. The van der Waals surface area contributed by atoms with Gasteiger partial charge in [-0.25, -0.2) is 0 Å². The Labute approximate surface area is 110 Å². The van der Waals surface area contributed by atoms with Crippen LogP contribution in [0.15, 0.2) is 18.2 Å². The van der Waals surface area contributed by atoms with Gasteiger partial charge in [-0.1, -0.05) is 6.07 Å². The molecule has 1 aliphatic rings. The molecule has 0 spiro atoms. The van der Waals surface area contributed by atoms with E-state index in [0.717, 1.165) is 6.42 Å². The summed E-state index contributed by atoms with van der Waals surface area (Å²) in [6, 6.07) is 5.06. The van der Waals surface area contributed by atoms with Crippen LogP contribution in [0.2, 0.25) is 0 Å². The van der Waals surface area contributed by atoms with E-state index < -0.39 is 10.9 Å². The highest BCUT2D eigenvalue weighted by Crippen LogP contribution is 2.30. The summed E-state index contributed by atoms with van der Waals surface area (Å²) in [6.07, 6.45) is 2.00. The van der Waals surface area contributed by atoms with Gasteiger partial charge < -0.3 is 10.4 Å². The molecule has 1 saturated carbocycles. The lowest BCUT2D eigenvalue weighted by Gasteiger charge is -2.14. The Hall–Kier alpha value is -2.11. The van der Waals surface area contributed by atoms with E-state index in [9.17, 15) is 14.9 Å². The number of benzene rings is 1. The fourth-order valence-electron chi connectivity index (χ4n) is 2.47. The van der Waals surface area contributed by atoms with Crippen LogP contribution in [0.3, 0.4) is 0 Å². The maximum atomic E-state index is 10.9. The predicted molar refractivity (Wildman–Crippen MR) is 70.2 cm³/mol. The molecule has 1 aromatic carbocycles. The molecule has 19 heavy (non-hydrogen) atoms. The zero-order chi connectivity index (χ0) is 14.0. The maximum Gasteiger partial charge on any atom is 0.306 e. The summed E-state index contributed by atoms with van der Waals surface area (Å²) in [7, 11) is 0. The first-order valence-electron chi connectivity index (χ1n) is 6.21. The highest BCUT2D eigenvalue weighted by molar-refractivity contribution is 5.70.